The maximum Gasteiger partial charge on any atom is 0.317 e. The molecule has 0 spiro atoms. The van der Waals surface area contributed by atoms with Crippen molar-refractivity contribution < 1.29 is 18.7 Å². The zero-order valence-corrected chi connectivity index (χ0v) is 21.5. The number of rotatable bonds is 12. The highest BCUT2D eigenvalue weighted by molar-refractivity contribution is 5.80. The lowest BCUT2D eigenvalue weighted by Gasteiger charge is -2.51. The lowest BCUT2D eigenvalue weighted by molar-refractivity contribution is -0.155. The van der Waals surface area contributed by atoms with E-state index in [0.717, 1.165) is 62.5 Å². The molecule has 0 saturated heterocycles. The van der Waals surface area contributed by atoms with Crippen LogP contribution in [0.2, 0.25) is 0 Å². The van der Waals surface area contributed by atoms with E-state index in [4.69, 9.17) is 9.47 Å². The fourth-order valence-electron chi connectivity index (χ4n) is 5.89. The van der Waals surface area contributed by atoms with Crippen molar-refractivity contribution in [2.24, 2.45) is 10.8 Å². The third kappa shape index (κ3) is 6.08. The van der Waals surface area contributed by atoms with Gasteiger partial charge < -0.3 is 9.47 Å². The van der Waals surface area contributed by atoms with Crippen LogP contribution in [0, 0.1) is 16.6 Å². The molecule has 3 saturated carbocycles. The van der Waals surface area contributed by atoms with E-state index in [2.05, 4.69) is 13.8 Å². The van der Waals surface area contributed by atoms with Crippen molar-refractivity contribution in [3.63, 3.8) is 0 Å². The van der Waals surface area contributed by atoms with Gasteiger partial charge in [0.05, 0.1) is 12.0 Å². The Morgan fingerprint density at radius 1 is 0.829 bits per heavy atom. The highest BCUT2D eigenvalue weighted by atomic mass is 19.1. The molecule has 0 unspecified atom stereocenters. The summed E-state index contributed by atoms with van der Waals surface area (Å²) < 4.78 is 26.1. The minimum Gasteiger partial charge on any atom is -0.491 e. The molecule has 0 aliphatic heterocycles. The molecule has 0 amide bonds. The first-order chi connectivity index (χ1) is 17.0. The van der Waals surface area contributed by atoms with Crippen LogP contribution in [0.25, 0.3) is 11.1 Å². The second kappa shape index (κ2) is 11.6. The van der Waals surface area contributed by atoms with Gasteiger partial charge in [-0.1, -0.05) is 70.6 Å². The normalized spacial score (nSPS) is 23.3. The van der Waals surface area contributed by atoms with E-state index in [1.54, 1.807) is 6.07 Å². The fourth-order valence-corrected chi connectivity index (χ4v) is 5.89. The first-order valence-electron chi connectivity index (χ1n) is 13.7. The van der Waals surface area contributed by atoms with E-state index in [1.807, 2.05) is 30.3 Å². The van der Waals surface area contributed by atoms with Gasteiger partial charge in [0.1, 0.15) is 5.75 Å². The van der Waals surface area contributed by atoms with Crippen LogP contribution in [0.4, 0.5) is 4.39 Å². The number of hydrogen-bond donors (Lipinski definition) is 0. The maximum absolute atomic E-state index is 14.6. The van der Waals surface area contributed by atoms with Crippen LogP contribution in [0.3, 0.4) is 0 Å². The monoisotopic (exact) mass is 480 g/mol. The second-order valence-corrected chi connectivity index (χ2v) is 10.8. The summed E-state index contributed by atoms with van der Waals surface area (Å²) in [6, 6.07) is 12.5. The smallest absolute Gasteiger partial charge is 0.317 e. The average Bonchev–Trinajstić information content (AvgIpc) is 2.90. The molecule has 4 heteroatoms. The molecular formula is C31H41FO3. The maximum atomic E-state index is 14.6. The van der Waals surface area contributed by atoms with Gasteiger partial charge in [0.15, 0.2) is 11.6 Å². The summed E-state index contributed by atoms with van der Waals surface area (Å²) in [5.74, 6) is 0.443. The fraction of sp³-hybridized carbons (Fsp3) is 0.581. The molecule has 0 heterocycles. The number of halogens is 1. The van der Waals surface area contributed by atoms with E-state index in [-0.39, 0.29) is 17.2 Å². The lowest BCUT2D eigenvalue weighted by atomic mass is 9.53. The van der Waals surface area contributed by atoms with Crippen LogP contribution in [0.15, 0.2) is 42.5 Å². The topological polar surface area (TPSA) is 35.5 Å². The zero-order chi connectivity index (χ0) is 24.7. The van der Waals surface area contributed by atoms with Gasteiger partial charge in [0.2, 0.25) is 0 Å². The number of carbonyl (C=O) groups is 1. The van der Waals surface area contributed by atoms with Crippen molar-refractivity contribution in [3.05, 3.63) is 48.3 Å². The van der Waals surface area contributed by atoms with Gasteiger partial charge in [-0.25, -0.2) is 4.39 Å². The molecule has 190 valence electrons. The van der Waals surface area contributed by atoms with Crippen molar-refractivity contribution in [2.75, 3.05) is 6.61 Å². The molecule has 0 radical (unpaired) electrons. The molecule has 0 atom stereocenters. The molecule has 3 aliphatic carbocycles. The molecule has 5 rings (SSSR count). The van der Waals surface area contributed by atoms with E-state index in [9.17, 15) is 9.18 Å². The highest BCUT2D eigenvalue weighted by Gasteiger charge is 2.52. The Hall–Kier alpha value is -2.36. The SMILES string of the molecule is CCCCCCCCOc1ccc(-c2ccc(OC(=O)C34CCC(CC)(CC3)CC4)cc2)cc1F. The summed E-state index contributed by atoms with van der Waals surface area (Å²) in [7, 11) is 0. The lowest BCUT2D eigenvalue weighted by Crippen LogP contribution is -2.47. The number of unbranched alkanes of at least 4 members (excludes halogenated alkanes) is 5. The van der Waals surface area contributed by atoms with Gasteiger partial charge >= 0.3 is 5.97 Å². The quantitative estimate of drug-likeness (QED) is 0.173. The standard InChI is InChI=1S/C31H41FO3/c1-3-5-6-7-8-9-22-34-28-15-12-25(23-27(28)32)24-10-13-26(14-11-24)35-29(33)31-19-16-30(4-2,17-20-31)18-21-31/h10-15,23H,3-9,16-22H2,1-2H3. The zero-order valence-electron chi connectivity index (χ0n) is 21.5. The summed E-state index contributed by atoms with van der Waals surface area (Å²) in [4.78, 5) is 13.1. The summed E-state index contributed by atoms with van der Waals surface area (Å²) >= 11 is 0. The number of ether oxygens (including phenoxy) is 2. The Balaban J connectivity index is 1.29. The predicted octanol–water partition coefficient (Wildman–Crippen LogP) is 8.89. The number of hydrogen-bond acceptors (Lipinski definition) is 3. The van der Waals surface area contributed by atoms with Crippen LogP contribution in [-0.4, -0.2) is 12.6 Å². The number of benzene rings is 2. The first kappa shape index (κ1) is 25.7. The largest absolute Gasteiger partial charge is 0.491 e. The Morgan fingerprint density at radius 2 is 1.46 bits per heavy atom. The van der Waals surface area contributed by atoms with Crippen LogP contribution in [0.1, 0.15) is 97.3 Å². The Kier molecular flexibility index (Phi) is 8.51. The molecule has 0 aromatic heterocycles. The molecule has 3 aliphatic rings. The summed E-state index contributed by atoms with van der Waals surface area (Å²) in [5.41, 5.74) is 1.83. The molecule has 3 fully saturated rings. The van der Waals surface area contributed by atoms with Crippen LogP contribution in [-0.2, 0) is 4.79 Å². The van der Waals surface area contributed by atoms with Gasteiger partial charge in [-0.3, -0.25) is 4.79 Å². The first-order valence-corrected chi connectivity index (χ1v) is 13.7. The van der Waals surface area contributed by atoms with Crippen LogP contribution in [0.5, 0.6) is 11.5 Å². The average molecular weight is 481 g/mol. The molecule has 2 aromatic carbocycles. The van der Waals surface area contributed by atoms with Crippen molar-refractivity contribution in [3.8, 4) is 22.6 Å². The number of carbonyl (C=O) groups excluding carboxylic acids is 1. The van der Waals surface area contributed by atoms with Gasteiger partial charge in [0, 0.05) is 0 Å². The summed E-state index contributed by atoms with van der Waals surface area (Å²) in [6.45, 7) is 5.03. The molecule has 3 nitrogen and oxygen atoms in total. The second-order valence-electron chi connectivity index (χ2n) is 10.8. The number of fused-ring (bicyclic) bond motifs is 3. The third-order valence-electron chi connectivity index (χ3n) is 8.67. The molecule has 0 N–H and O–H groups in total. The molecule has 2 aromatic rings. The van der Waals surface area contributed by atoms with Gasteiger partial charge in [-0.05, 0) is 85.8 Å². The van der Waals surface area contributed by atoms with Crippen LogP contribution >= 0.6 is 0 Å². The Labute approximate surface area is 210 Å². The Bertz CT molecular complexity index is 957. The van der Waals surface area contributed by atoms with E-state index < -0.39 is 0 Å². The minimum absolute atomic E-state index is 0.0763. The third-order valence-corrected chi connectivity index (χ3v) is 8.67. The highest BCUT2D eigenvalue weighted by Crippen LogP contribution is 2.58. The van der Waals surface area contributed by atoms with E-state index >= 15 is 0 Å². The predicted molar refractivity (Wildman–Crippen MR) is 139 cm³/mol. The van der Waals surface area contributed by atoms with E-state index in [0.29, 0.717) is 23.5 Å². The minimum atomic E-state index is -0.346. The van der Waals surface area contributed by atoms with Gasteiger partial charge in [0.25, 0.3) is 0 Å². The van der Waals surface area contributed by atoms with Crippen molar-refractivity contribution in [2.45, 2.75) is 97.3 Å². The summed E-state index contributed by atoms with van der Waals surface area (Å²) in [6.07, 6.45) is 14.5. The Morgan fingerprint density at radius 3 is 2.09 bits per heavy atom. The van der Waals surface area contributed by atoms with Crippen LogP contribution < -0.4 is 9.47 Å². The van der Waals surface area contributed by atoms with Gasteiger partial charge in [-0.15, -0.1) is 0 Å². The van der Waals surface area contributed by atoms with Gasteiger partial charge in [-0.2, -0.15) is 0 Å². The van der Waals surface area contributed by atoms with Crippen molar-refractivity contribution in [1.29, 1.82) is 0 Å². The molecular weight excluding hydrogens is 439 g/mol. The molecule has 2 bridgehead atoms. The van der Waals surface area contributed by atoms with E-state index in [1.165, 1.54) is 38.2 Å². The molecule has 35 heavy (non-hydrogen) atoms. The van der Waals surface area contributed by atoms with Crippen molar-refractivity contribution >= 4 is 5.97 Å². The van der Waals surface area contributed by atoms with Crippen molar-refractivity contribution in [1.82, 2.24) is 0 Å². The summed E-state index contributed by atoms with van der Waals surface area (Å²) in [5, 5.41) is 0. The number of esters is 1.